The number of hydrogen-bond acceptors (Lipinski definition) is 5. The molecule has 0 aliphatic carbocycles. The van der Waals surface area contributed by atoms with E-state index in [1.54, 1.807) is 4.90 Å². The smallest absolute Gasteiger partial charge is 0.274 e. The van der Waals surface area contributed by atoms with E-state index in [1.807, 2.05) is 31.2 Å². The molecule has 1 aliphatic rings. The van der Waals surface area contributed by atoms with E-state index in [2.05, 4.69) is 15.3 Å². The lowest BCUT2D eigenvalue weighted by molar-refractivity contribution is -0.118. The molecule has 23 heavy (non-hydrogen) atoms. The van der Waals surface area contributed by atoms with Crippen LogP contribution < -0.4 is 16.0 Å². The average Bonchev–Trinajstić information content (AvgIpc) is 2.89. The Labute approximate surface area is 133 Å². The highest BCUT2D eigenvalue weighted by Crippen LogP contribution is 2.22. The summed E-state index contributed by atoms with van der Waals surface area (Å²) in [5, 5.41) is 2.68. The number of nitrogens with one attached hydrogen (secondary N) is 1. The van der Waals surface area contributed by atoms with E-state index in [4.69, 9.17) is 5.73 Å². The minimum Gasteiger partial charge on any atom is -0.382 e. The maximum absolute atomic E-state index is 12.5. The number of benzene rings is 1. The molecule has 3 rings (SSSR count). The molecule has 0 radical (unpaired) electrons. The fraction of sp³-hybridized carbons (Fsp3) is 0.250. The van der Waals surface area contributed by atoms with Gasteiger partial charge in [-0.25, -0.2) is 9.97 Å². The lowest BCUT2D eigenvalue weighted by Gasteiger charge is -2.17. The Bertz CT molecular complexity index is 744. The molecule has 0 spiro atoms. The van der Waals surface area contributed by atoms with Crippen LogP contribution in [0, 0.1) is 6.92 Å². The van der Waals surface area contributed by atoms with E-state index in [0.717, 1.165) is 11.3 Å². The van der Waals surface area contributed by atoms with Gasteiger partial charge in [-0.3, -0.25) is 9.59 Å². The van der Waals surface area contributed by atoms with E-state index < -0.39 is 11.9 Å². The van der Waals surface area contributed by atoms with Gasteiger partial charge in [-0.05, 0) is 25.5 Å². The second kappa shape index (κ2) is 6.04. The Hall–Kier alpha value is -2.96. The summed E-state index contributed by atoms with van der Waals surface area (Å²) in [5.74, 6) is -0.574. The molecule has 118 valence electrons. The summed E-state index contributed by atoms with van der Waals surface area (Å²) in [6.07, 6.45) is 3.34. The summed E-state index contributed by atoms with van der Waals surface area (Å²) in [6, 6.07) is 7.13. The number of nitrogen functional groups attached to an aromatic ring is 1. The molecular weight excluding hydrogens is 294 g/mol. The van der Waals surface area contributed by atoms with Crippen LogP contribution in [-0.4, -0.2) is 34.4 Å². The van der Waals surface area contributed by atoms with Crippen LogP contribution in [0.15, 0.2) is 36.7 Å². The fourth-order valence-electron chi connectivity index (χ4n) is 2.55. The zero-order valence-electron chi connectivity index (χ0n) is 12.7. The van der Waals surface area contributed by atoms with Gasteiger partial charge >= 0.3 is 0 Å². The molecule has 2 amide bonds. The average molecular weight is 311 g/mol. The first kappa shape index (κ1) is 15.0. The number of anilines is 2. The predicted molar refractivity (Wildman–Crippen MR) is 85.8 cm³/mol. The fourth-order valence-corrected chi connectivity index (χ4v) is 2.55. The Balaban J connectivity index is 1.71. The van der Waals surface area contributed by atoms with Gasteiger partial charge in [0, 0.05) is 24.6 Å². The molecule has 1 fully saturated rings. The number of carbonyl (C=O) groups excluding carboxylic acids is 2. The van der Waals surface area contributed by atoms with E-state index in [0.29, 0.717) is 13.0 Å². The third kappa shape index (κ3) is 2.98. The van der Waals surface area contributed by atoms with Crippen molar-refractivity contribution in [2.45, 2.75) is 19.4 Å². The van der Waals surface area contributed by atoms with Crippen molar-refractivity contribution in [2.75, 3.05) is 17.2 Å². The first-order valence-corrected chi connectivity index (χ1v) is 7.31. The van der Waals surface area contributed by atoms with Gasteiger partial charge < -0.3 is 16.0 Å². The van der Waals surface area contributed by atoms with E-state index >= 15 is 0 Å². The quantitative estimate of drug-likeness (QED) is 0.877. The highest BCUT2D eigenvalue weighted by molar-refractivity contribution is 6.04. The van der Waals surface area contributed by atoms with Crippen molar-refractivity contribution in [3.05, 3.63) is 47.9 Å². The molecule has 1 saturated heterocycles. The second-order valence-corrected chi connectivity index (χ2v) is 5.43. The summed E-state index contributed by atoms with van der Waals surface area (Å²) in [7, 11) is 0. The molecule has 0 bridgehead atoms. The number of amides is 2. The largest absolute Gasteiger partial charge is 0.382 e. The molecule has 1 atom stereocenters. The van der Waals surface area contributed by atoms with Crippen molar-refractivity contribution >= 4 is 23.3 Å². The first-order valence-electron chi connectivity index (χ1n) is 7.31. The first-order chi connectivity index (χ1) is 11.1. The molecule has 1 unspecified atom stereocenters. The van der Waals surface area contributed by atoms with Crippen LogP contribution in [0.4, 0.5) is 11.5 Å². The topological polar surface area (TPSA) is 101 Å². The monoisotopic (exact) mass is 311 g/mol. The van der Waals surface area contributed by atoms with Gasteiger partial charge in [-0.1, -0.05) is 17.7 Å². The van der Waals surface area contributed by atoms with E-state index in [-0.39, 0.29) is 17.4 Å². The van der Waals surface area contributed by atoms with Crippen molar-refractivity contribution in [1.29, 1.82) is 0 Å². The molecule has 1 aliphatic heterocycles. The molecule has 1 aromatic carbocycles. The highest BCUT2D eigenvalue weighted by atomic mass is 16.2. The van der Waals surface area contributed by atoms with Crippen LogP contribution in [0.5, 0.6) is 0 Å². The number of aromatic nitrogens is 2. The van der Waals surface area contributed by atoms with Crippen molar-refractivity contribution < 1.29 is 9.59 Å². The number of carbonyl (C=O) groups is 2. The second-order valence-electron chi connectivity index (χ2n) is 5.43. The lowest BCUT2D eigenvalue weighted by Crippen LogP contribution is -2.42. The zero-order chi connectivity index (χ0) is 16.4. The maximum Gasteiger partial charge on any atom is 0.274 e. The number of nitrogens with two attached hydrogens (primary N) is 1. The van der Waals surface area contributed by atoms with Crippen molar-refractivity contribution in [3.8, 4) is 0 Å². The van der Waals surface area contributed by atoms with Gasteiger partial charge in [0.05, 0.1) is 0 Å². The number of rotatable bonds is 3. The molecule has 7 nitrogen and oxygen atoms in total. The number of aryl methyl sites for hydroxylation is 1. The Kier molecular flexibility index (Phi) is 3.92. The molecule has 3 N–H and O–H groups in total. The van der Waals surface area contributed by atoms with Crippen LogP contribution in [-0.2, 0) is 4.79 Å². The summed E-state index contributed by atoms with van der Waals surface area (Å²) in [4.78, 5) is 34.1. The van der Waals surface area contributed by atoms with Crippen LogP contribution >= 0.6 is 0 Å². The van der Waals surface area contributed by atoms with Crippen LogP contribution in [0.2, 0.25) is 0 Å². The highest BCUT2D eigenvalue weighted by Gasteiger charge is 2.34. The van der Waals surface area contributed by atoms with Crippen LogP contribution in [0.3, 0.4) is 0 Å². The Morgan fingerprint density at radius 2 is 1.96 bits per heavy atom. The van der Waals surface area contributed by atoms with Crippen LogP contribution in [0.1, 0.15) is 22.5 Å². The van der Waals surface area contributed by atoms with Gasteiger partial charge in [0.15, 0.2) is 11.5 Å². The van der Waals surface area contributed by atoms with Gasteiger partial charge in [-0.2, -0.15) is 0 Å². The van der Waals surface area contributed by atoms with E-state index in [9.17, 15) is 9.59 Å². The molecule has 2 heterocycles. The van der Waals surface area contributed by atoms with Gasteiger partial charge in [-0.15, -0.1) is 0 Å². The molecule has 0 saturated carbocycles. The van der Waals surface area contributed by atoms with Gasteiger partial charge in [0.1, 0.15) is 6.04 Å². The summed E-state index contributed by atoms with van der Waals surface area (Å²) in [5.41, 5.74) is 7.63. The minimum absolute atomic E-state index is 0.0362. The lowest BCUT2D eigenvalue weighted by atomic mass is 10.2. The van der Waals surface area contributed by atoms with Gasteiger partial charge in [0.2, 0.25) is 5.91 Å². The van der Waals surface area contributed by atoms with Crippen molar-refractivity contribution in [2.24, 2.45) is 0 Å². The Morgan fingerprint density at radius 3 is 2.65 bits per heavy atom. The maximum atomic E-state index is 12.5. The molecule has 1 aromatic heterocycles. The van der Waals surface area contributed by atoms with Crippen LogP contribution in [0.25, 0.3) is 0 Å². The summed E-state index contributed by atoms with van der Waals surface area (Å²) < 4.78 is 0. The SMILES string of the molecule is Cc1ccc(N2CCC(NC(=O)c3nccnc3N)C2=O)cc1. The predicted octanol–water partition coefficient (Wildman–Crippen LogP) is 0.903. The number of hydrogen-bond donors (Lipinski definition) is 2. The standard InChI is InChI=1S/C16H17N5O2/c1-10-2-4-11(5-3-10)21-9-6-12(16(21)23)20-15(22)13-14(17)19-8-7-18-13/h2-5,7-8,12H,6,9H2,1H3,(H2,17,19)(H,20,22). The minimum atomic E-state index is -0.579. The van der Waals surface area contributed by atoms with Crippen molar-refractivity contribution in [1.82, 2.24) is 15.3 Å². The normalized spacial score (nSPS) is 17.3. The van der Waals surface area contributed by atoms with Crippen molar-refractivity contribution in [3.63, 3.8) is 0 Å². The molecule has 2 aromatic rings. The third-order valence-corrected chi connectivity index (χ3v) is 3.80. The summed E-state index contributed by atoms with van der Waals surface area (Å²) in [6.45, 7) is 2.55. The summed E-state index contributed by atoms with van der Waals surface area (Å²) >= 11 is 0. The van der Waals surface area contributed by atoms with Gasteiger partial charge in [0.25, 0.3) is 5.91 Å². The molecule has 7 heteroatoms. The third-order valence-electron chi connectivity index (χ3n) is 3.80. The molecular formula is C16H17N5O2. The number of nitrogens with zero attached hydrogens (tertiary/aromatic N) is 3. The van der Waals surface area contributed by atoms with E-state index in [1.165, 1.54) is 12.4 Å². The Morgan fingerprint density at radius 1 is 1.26 bits per heavy atom. The zero-order valence-corrected chi connectivity index (χ0v) is 12.7.